The van der Waals surface area contributed by atoms with Crippen LogP contribution in [0.2, 0.25) is 0 Å². The van der Waals surface area contributed by atoms with Gasteiger partial charge in [-0.2, -0.15) is 0 Å². The maximum atomic E-state index is 13.7. The largest absolute Gasteiger partial charge is 0.486 e. The molecule has 1 atom stereocenters. The average Bonchev–Trinajstić information content (AvgIpc) is 2.72. The summed E-state index contributed by atoms with van der Waals surface area (Å²) in [6.07, 6.45) is -0.763. The first-order valence-corrected chi connectivity index (χ1v) is 9.39. The lowest BCUT2D eigenvalue weighted by atomic mass is 10.2. The lowest BCUT2D eigenvalue weighted by Crippen LogP contribution is -2.41. The van der Waals surface area contributed by atoms with Crippen LogP contribution in [-0.4, -0.2) is 38.4 Å². The van der Waals surface area contributed by atoms with Crippen LogP contribution in [0.1, 0.15) is 19.4 Å². The summed E-state index contributed by atoms with van der Waals surface area (Å²) in [5.41, 5.74) is 1.63. The number of para-hydroxylation sites is 1. The van der Waals surface area contributed by atoms with E-state index in [1.165, 1.54) is 13.2 Å². The Kier molecular flexibility index (Phi) is 11.6. The first kappa shape index (κ1) is 25.5. The molecular formula is C21H28FIN4O3. The number of nitrogens with one attached hydrogen (secondary N) is 3. The number of guanidine groups is 1. The van der Waals surface area contributed by atoms with Crippen molar-refractivity contribution < 1.29 is 18.7 Å². The highest BCUT2D eigenvalue weighted by Crippen LogP contribution is 2.16. The Bertz CT molecular complexity index is 818. The van der Waals surface area contributed by atoms with Crippen molar-refractivity contribution in [3.8, 4) is 5.75 Å². The summed E-state index contributed by atoms with van der Waals surface area (Å²) in [7, 11) is 1.32. The molecule has 0 radical (unpaired) electrons. The van der Waals surface area contributed by atoms with Gasteiger partial charge < -0.3 is 20.1 Å². The highest BCUT2D eigenvalue weighted by molar-refractivity contribution is 14.0. The number of hydrogen-bond donors (Lipinski definition) is 3. The maximum Gasteiger partial charge on any atom is 0.411 e. The number of ether oxygens (including phenoxy) is 2. The van der Waals surface area contributed by atoms with Crippen LogP contribution in [0.4, 0.5) is 14.9 Å². The molecule has 0 aromatic heterocycles. The van der Waals surface area contributed by atoms with Crippen LogP contribution in [0.15, 0.2) is 53.5 Å². The third-order valence-corrected chi connectivity index (χ3v) is 3.87. The van der Waals surface area contributed by atoms with E-state index in [1.807, 2.05) is 26.0 Å². The number of carbonyl (C=O) groups is 1. The van der Waals surface area contributed by atoms with Crippen LogP contribution in [-0.2, 0) is 11.3 Å². The van der Waals surface area contributed by atoms with E-state index in [4.69, 9.17) is 4.74 Å². The van der Waals surface area contributed by atoms with E-state index in [2.05, 4.69) is 25.7 Å². The van der Waals surface area contributed by atoms with Crippen LogP contribution in [0.5, 0.6) is 5.75 Å². The van der Waals surface area contributed by atoms with Gasteiger partial charge in [0.25, 0.3) is 0 Å². The van der Waals surface area contributed by atoms with Crippen molar-refractivity contribution in [2.45, 2.75) is 26.5 Å². The number of anilines is 1. The standard InChI is InChI=1S/C21H27FN4O3.HI/c1-4-23-20(24-13-15(2)29-19-8-6-5-7-18(19)22)25-14-16-9-11-17(12-10-16)26-21(27)28-3;/h5-12,15H,4,13-14H2,1-3H3,(H,26,27)(H2,23,24,25);1H. The van der Waals surface area contributed by atoms with Gasteiger partial charge in [0.15, 0.2) is 17.5 Å². The van der Waals surface area contributed by atoms with Gasteiger partial charge in [-0.15, -0.1) is 24.0 Å². The van der Waals surface area contributed by atoms with Crippen molar-refractivity contribution in [1.82, 2.24) is 10.6 Å². The van der Waals surface area contributed by atoms with Crippen molar-refractivity contribution in [1.29, 1.82) is 0 Å². The normalized spacial score (nSPS) is 11.7. The fourth-order valence-corrected chi connectivity index (χ4v) is 2.41. The average molecular weight is 530 g/mol. The van der Waals surface area contributed by atoms with Crippen LogP contribution in [0.3, 0.4) is 0 Å². The van der Waals surface area contributed by atoms with Gasteiger partial charge in [-0.1, -0.05) is 24.3 Å². The number of carbonyl (C=O) groups excluding carboxylic acids is 1. The predicted octanol–water partition coefficient (Wildman–Crippen LogP) is 4.14. The molecule has 164 valence electrons. The first-order chi connectivity index (χ1) is 14.0. The monoisotopic (exact) mass is 530 g/mol. The molecule has 3 N–H and O–H groups in total. The Balaban J connectivity index is 0.00000450. The van der Waals surface area contributed by atoms with Crippen molar-refractivity contribution in [3.63, 3.8) is 0 Å². The predicted molar refractivity (Wildman–Crippen MR) is 127 cm³/mol. The number of aliphatic imine (C=N–C) groups is 1. The molecule has 0 saturated heterocycles. The molecule has 0 bridgehead atoms. The molecule has 9 heteroatoms. The number of methoxy groups -OCH3 is 1. The zero-order valence-corrected chi connectivity index (χ0v) is 19.6. The van der Waals surface area contributed by atoms with Crippen LogP contribution < -0.4 is 20.7 Å². The third kappa shape index (κ3) is 8.85. The van der Waals surface area contributed by atoms with Crippen molar-refractivity contribution in [2.75, 3.05) is 25.5 Å². The first-order valence-electron chi connectivity index (χ1n) is 9.39. The van der Waals surface area contributed by atoms with Gasteiger partial charge in [0.05, 0.1) is 20.2 Å². The Morgan fingerprint density at radius 1 is 1.13 bits per heavy atom. The molecule has 1 unspecified atom stereocenters. The van der Waals surface area contributed by atoms with Gasteiger partial charge >= 0.3 is 6.09 Å². The third-order valence-electron chi connectivity index (χ3n) is 3.87. The summed E-state index contributed by atoms with van der Waals surface area (Å²) in [4.78, 5) is 15.8. The van der Waals surface area contributed by atoms with Crippen molar-refractivity contribution >= 4 is 41.7 Å². The minimum absolute atomic E-state index is 0. The van der Waals surface area contributed by atoms with Crippen molar-refractivity contribution in [3.05, 3.63) is 59.9 Å². The second-order valence-corrected chi connectivity index (χ2v) is 6.25. The van der Waals surface area contributed by atoms with Gasteiger partial charge in [-0.3, -0.25) is 5.32 Å². The Hall–Kier alpha value is -2.56. The Morgan fingerprint density at radius 3 is 2.47 bits per heavy atom. The van der Waals surface area contributed by atoms with E-state index in [9.17, 15) is 9.18 Å². The minimum atomic E-state index is -0.513. The zero-order valence-electron chi connectivity index (χ0n) is 17.3. The molecule has 0 spiro atoms. The summed E-state index contributed by atoms with van der Waals surface area (Å²) in [5.74, 6) is 0.475. The van der Waals surface area contributed by atoms with Gasteiger partial charge in [0.2, 0.25) is 0 Å². The molecule has 0 fully saturated rings. The highest BCUT2D eigenvalue weighted by atomic mass is 127. The summed E-state index contributed by atoms with van der Waals surface area (Å²) >= 11 is 0. The number of halogens is 2. The summed E-state index contributed by atoms with van der Waals surface area (Å²) in [5, 5.41) is 8.96. The lowest BCUT2D eigenvalue weighted by Gasteiger charge is -2.18. The van der Waals surface area contributed by atoms with Crippen LogP contribution >= 0.6 is 24.0 Å². The fraction of sp³-hybridized carbons (Fsp3) is 0.333. The summed E-state index contributed by atoms with van der Waals surface area (Å²) in [6.45, 7) is 5.45. The van der Waals surface area contributed by atoms with Gasteiger partial charge in [0, 0.05) is 12.2 Å². The Morgan fingerprint density at radius 2 is 1.83 bits per heavy atom. The van der Waals surface area contributed by atoms with E-state index >= 15 is 0 Å². The Labute approximate surface area is 193 Å². The lowest BCUT2D eigenvalue weighted by molar-refractivity contribution is 0.187. The topological polar surface area (TPSA) is 84.0 Å². The van der Waals surface area contributed by atoms with Crippen LogP contribution in [0.25, 0.3) is 0 Å². The molecular weight excluding hydrogens is 502 g/mol. The van der Waals surface area contributed by atoms with Crippen LogP contribution in [0, 0.1) is 5.82 Å². The molecule has 7 nitrogen and oxygen atoms in total. The van der Waals surface area contributed by atoms with E-state index in [1.54, 1.807) is 30.3 Å². The van der Waals surface area contributed by atoms with Gasteiger partial charge in [0.1, 0.15) is 6.10 Å². The quantitative estimate of drug-likeness (QED) is 0.272. The second kappa shape index (κ2) is 13.6. The molecule has 0 aliphatic carbocycles. The number of rotatable bonds is 8. The SMILES string of the molecule is CCNC(=NCc1ccc(NC(=O)OC)cc1)NCC(C)Oc1ccccc1F.I. The van der Waals surface area contributed by atoms with Gasteiger partial charge in [-0.25, -0.2) is 14.2 Å². The zero-order chi connectivity index (χ0) is 21.1. The summed E-state index contributed by atoms with van der Waals surface area (Å²) in [6, 6.07) is 13.6. The van der Waals surface area contributed by atoms with E-state index in [0.29, 0.717) is 31.3 Å². The molecule has 2 aromatic rings. The molecule has 0 heterocycles. The number of amides is 1. The van der Waals surface area contributed by atoms with Gasteiger partial charge in [-0.05, 0) is 43.7 Å². The molecule has 2 rings (SSSR count). The number of hydrogen-bond acceptors (Lipinski definition) is 4. The molecule has 2 aromatic carbocycles. The molecule has 0 aliphatic rings. The number of nitrogens with zero attached hydrogens (tertiary/aromatic N) is 1. The van der Waals surface area contributed by atoms with E-state index in [-0.39, 0.29) is 41.6 Å². The molecule has 0 aliphatic heterocycles. The highest BCUT2D eigenvalue weighted by Gasteiger charge is 2.09. The van der Waals surface area contributed by atoms with E-state index in [0.717, 1.165) is 5.56 Å². The van der Waals surface area contributed by atoms with Crippen molar-refractivity contribution in [2.24, 2.45) is 4.99 Å². The fourth-order valence-electron chi connectivity index (χ4n) is 2.41. The molecule has 1 amide bonds. The second-order valence-electron chi connectivity index (χ2n) is 6.25. The molecule has 0 saturated carbocycles. The minimum Gasteiger partial charge on any atom is -0.486 e. The van der Waals surface area contributed by atoms with E-state index < -0.39 is 6.09 Å². The maximum absolute atomic E-state index is 13.7. The molecule has 30 heavy (non-hydrogen) atoms. The smallest absolute Gasteiger partial charge is 0.411 e. The number of benzene rings is 2. The summed E-state index contributed by atoms with van der Waals surface area (Å²) < 4.78 is 23.9.